The number of carbonyl (C=O) groups is 1. The van der Waals surface area contributed by atoms with Crippen molar-refractivity contribution in [2.45, 2.75) is 0 Å². The number of aromatic nitrogens is 2. The fourth-order valence-corrected chi connectivity index (χ4v) is 1.39. The normalized spacial score (nSPS) is 9.89. The summed E-state index contributed by atoms with van der Waals surface area (Å²) in [5, 5.41) is 24.5. The molecule has 2 rings (SSSR count). The van der Waals surface area contributed by atoms with Crippen molar-refractivity contribution in [2.75, 3.05) is 17.3 Å². The second-order valence-electron chi connectivity index (χ2n) is 3.43. The Kier molecular flexibility index (Phi) is 3.67. The van der Waals surface area contributed by atoms with Crippen molar-refractivity contribution >= 4 is 23.2 Å². The summed E-state index contributed by atoms with van der Waals surface area (Å²) in [6, 6.07) is 6.97. The molecule has 0 saturated carbocycles. The highest BCUT2D eigenvalue weighted by Gasteiger charge is 2.16. The van der Waals surface area contributed by atoms with Crippen LogP contribution in [0.5, 0.6) is 0 Å². The summed E-state index contributed by atoms with van der Waals surface area (Å²) in [6.45, 7) is 0.182. The molecule has 19 heavy (non-hydrogen) atoms. The number of rotatable bonds is 6. The second kappa shape index (κ2) is 5.58. The quantitative estimate of drug-likeness (QED) is 0.461. The summed E-state index contributed by atoms with van der Waals surface area (Å²) in [5.41, 5.74) is 7.82. The van der Waals surface area contributed by atoms with E-state index in [1.165, 1.54) is 0 Å². The number of nitrogens with one attached hydrogen (secondary N) is 3. The summed E-state index contributed by atoms with van der Waals surface area (Å²) in [7, 11) is 0. The van der Waals surface area contributed by atoms with E-state index in [0.717, 1.165) is 0 Å². The molecule has 0 atom stereocenters. The Morgan fingerprint density at radius 3 is 2.89 bits per heavy atom. The van der Waals surface area contributed by atoms with Crippen LogP contribution in [-0.2, 0) is 0 Å². The van der Waals surface area contributed by atoms with Crippen molar-refractivity contribution in [3.8, 4) is 0 Å². The largest absolute Gasteiger partial charge is 0.476 e. The number of hydrogen-bond donors (Lipinski definition) is 4. The van der Waals surface area contributed by atoms with Gasteiger partial charge in [-0.3, -0.25) is 0 Å². The SMILES string of the molecule is N=Nc1ccccc1NCNc1nonc1C(=O)O. The van der Waals surface area contributed by atoms with Gasteiger partial charge in [-0.2, -0.15) is 5.11 Å². The van der Waals surface area contributed by atoms with Gasteiger partial charge >= 0.3 is 5.97 Å². The molecule has 9 nitrogen and oxygen atoms in total. The van der Waals surface area contributed by atoms with E-state index >= 15 is 0 Å². The van der Waals surface area contributed by atoms with Gasteiger partial charge in [-0.25, -0.2) is 15.0 Å². The zero-order valence-corrected chi connectivity index (χ0v) is 9.62. The molecule has 0 amide bonds. The average Bonchev–Trinajstić information content (AvgIpc) is 2.88. The van der Waals surface area contributed by atoms with Gasteiger partial charge in [-0.1, -0.05) is 12.1 Å². The molecule has 0 aliphatic rings. The van der Waals surface area contributed by atoms with Gasteiger partial charge in [0.25, 0.3) is 0 Å². The highest BCUT2D eigenvalue weighted by Crippen LogP contribution is 2.23. The summed E-state index contributed by atoms with van der Waals surface area (Å²) in [4.78, 5) is 10.8. The fourth-order valence-electron chi connectivity index (χ4n) is 1.39. The van der Waals surface area contributed by atoms with Crippen molar-refractivity contribution in [3.05, 3.63) is 30.0 Å². The maximum atomic E-state index is 10.8. The van der Waals surface area contributed by atoms with Crippen LogP contribution in [0.1, 0.15) is 10.5 Å². The van der Waals surface area contributed by atoms with E-state index < -0.39 is 5.97 Å². The molecule has 0 fully saturated rings. The Morgan fingerprint density at radius 1 is 1.37 bits per heavy atom. The zero-order valence-electron chi connectivity index (χ0n) is 9.62. The van der Waals surface area contributed by atoms with E-state index in [9.17, 15) is 4.79 Å². The molecule has 0 saturated heterocycles. The number of aromatic carboxylic acids is 1. The molecule has 1 aromatic carbocycles. The number of para-hydroxylation sites is 2. The Morgan fingerprint density at radius 2 is 2.16 bits per heavy atom. The topological polar surface area (TPSA) is 136 Å². The fraction of sp³-hybridized carbons (Fsp3) is 0.100. The van der Waals surface area contributed by atoms with E-state index in [2.05, 4.69) is 30.7 Å². The van der Waals surface area contributed by atoms with Crippen LogP contribution in [0.15, 0.2) is 34.0 Å². The standard InChI is InChI=1S/C10H10N6O3/c11-14-7-4-2-1-3-6(7)12-5-13-9-8(10(17)18)15-19-16-9/h1-4,11-12H,5H2,(H,13,16)(H,17,18). The van der Waals surface area contributed by atoms with E-state index in [4.69, 9.17) is 10.6 Å². The number of hydrogen-bond acceptors (Lipinski definition) is 8. The van der Waals surface area contributed by atoms with Gasteiger partial charge in [-0.05, 0) is 22.4 Å². The van der Waals surface area contributed by atoms with Gasteiger partial charge in [0.15, 0.2) is 0 Å². The predicted octanol–water partition coefficient (Wildman–Crippen LogP) is 1.91. The van der Waals surface area contributed by atoms with Gasteiger partial charge in [0.1, 0.15) is 5.69 Å². The third kappa shape index (κ3) is 2.83. The molecule has 0 unspecified atom stereocenters. The monoisotopic (exact) mass is 262 g/mol. The van der Waals surface area contributed by atoms with E-state index in [1.54, 1.807) is 24.3 Å². The number of benzene rings is 1. The number of carboxylic acid groups (broad SMARTS) is 1. The molecule has 1 aromatic heterocycles. The summed E-state index contributed by atoms with van der Waals surface area (Å²) < 4.78 is 4.33. The zero-order chi connectivity index (χ0) is 13.7. The lowest BCUT2D eigenvalue weighted by atomic mass is 10.3. The third-order valence-corrected chi connectivity index (χ3v) is 2.25. The van der Waals surface area contributed by atoms with E-state index in [1.807, 2.05) is 0 Å². The Labute approximate surface area is 107 Å². The Bertz CT molecular complexity index is 596. The third-order valence-electron chi connectivity index (χ3n) is 2.25. The molecule has 0 aliphatic heterocycles. The first-order valence-corrected chi connectivity index (χ1v) is 5.22. The molecule has 0 aliphatic carbocycles. The average molecular weight is 262 g/mol. The molecule has 0 bridgehead atoms. The van der Waals surface area contributed by atoms with Crippen LogP contribution in [0.25, 0.3) is 0 Å². The van der Waals surface area contributed by atoms with Crippen LogP contribution in [0.3, 0.4) is 0 Å². The van der Waals surface area contributed by atoms with Gasteiger partial charge in [0.05, 0.1) is 12.4 Å². The molecule has 9 heteroatoms. The predicted molar refractivity (Wildman–Crippen MR) is 64.6 cm³/mol. The van der Waals surface area contributed by atoms with Gasteiger partial charge < -0.3 is 15.7 Å². The van der Waals surface area contributed by atoms with E-state index in [-0.39, 0.29) is 18.2 Å². The van der Waals surface area contributed by atoms with Crippen molar-refractivity contribution in [1.29, 1.82) is 5.53 Å². The number of carboxylic acids is 1. The van der Waals surface area contributed by atoms with Crippen LogP contribution in [0, 0.1) is 5.53 Å². The Hall–Kier alpha value is -2.97. The van der Waals surface area contributed by atoms with Crippen LogP contribution in [0.2, 0.25) is 0 Å². The van der Waals surface area contributed by atoms with Gasteiger partial charge in [0, 0.05) is 0 Å². The van der Waals surface area contributed by atoms with Gasteiger partial charge in [0.2, 0.25) is 11.5 Å². The second-order valence-corrected chi connectivity index (χ2v) is 3.43. The molecule has 98 valence electrons. The van der Waals surface area contributed by atoms with Crippen molar-refractivity contribution in [3.63, 3.8) is 0 Å². The smallest absolute Gasteiger partial charge is 0.362 e. The van der Waals surface area contributed by atoms with Crippen molar-refractivity contribution < 1.29 is 14.5 Å². The molecular formula is C10H10N6O3. The van der Waals surface area contributed by atoms with Crippen LogP contribution in [0.4, 0.5) is 17.2 Å². The summed E-state index contributed by atoms with van der Waals surface area (Å²) in [5.74, 6) is -1.20. The molecular weight excluding hydrogens is 252 g/mol. The van der Waals surface area contributed by atoms with Crippen LogP contribution in [-0.4, -0.2) is 28.1 Å². The first-order valence-electron chi connectivity index (χ1n) is 5.22. The lowest BCUT2D eigenvalue weighted by Gasteiger charge is -2.08. The van der Waals surface area contributed by atoms with Crippen molar-refractivity contribution in [1.82, 2.24) is 10.3 Å². The highest BCUT2D eigenvalue weighted by atomic mass is 16.6. The minimum atomic E-state index is -1.23. The Balaban J connectivity index is 1.98. The van der Waals surface area contributed by atoms with Crippen molar-refractivity contribution in [2.24, 2.45) is 5.11 Å². The lowest BCUT2D eigenvalue weighted by Crippen LogP contribution is -2.14. The molecule has 2 aromatic rings. The first-order chi connectivity index (χ1) is 9.22. The number of nitrogens with zero attached hydrogens (tertiary/aromatic N) is 3. The minimum Gasteiger partial charge on any atom is -0.476 e. The summed E-state index contributed by atoms with van der Waals surface area (Å²) >= 11 is 0. The van der Waals surface area contributed by atoms with Gasteiger partial charge in [-0.15, -0.1) is 0 Å². The van der Waals surface area contributed by atoms with E-state index in [0.29, 0.717) is 11.4 Å². The molecule has 0 radical (unpaired) electrons. The van der Waals surface area contributed by atoms with Crippen LogP contribution >= 0.6 is 0 Å². The maximum absolute atomic E-state index is 10.8. The molecule has 1 heterocycles. The molecule has 4 N–H and O–H groups in total. The minimum absolute atomic E-state index is 0.0280. The lowest BCUT2D eigenvalue weighted by molar-refractivity contribution is 0.0685. The number of anilines is 2. The summed E-state index contributed by atoms with van der Waals surface area (Å²) in [6.07, 6.45) is 0. The highest BCUT2D eigenvalue weighted by molar-refractivity contribution is 5.90. The van der Waals surface area contributed by atoms with Crippen LogP contribution < -0.4 is 10.6 Å². The maximum Gasteiger partial charge on any atom is 0.362 e. The molecule has 0 spiro atoms. The first kappa shape index (κ1) is 12.5.